The van der Waals surface area contributed by atoms with Crippen molar-refractivity contribution in [2.24, 2.45) is 11.8 Å². The summed E-state index contributed by atoms with van der Waals surface area (Å²) in [6.45, 7) is 0. The molecule has 0 radical (unpaired) electrons. The molecule has 3 rings (SSSR count). The van der Waals surface area contributed by atoms with Gasteiger partial charge in [0.25, 0.3) is 0 Å². The molecule has 1 aromatic carbocycles. The molecule has 0 aromatic heterocycles. The smallest absolute Gasteiger partial charge is 0.227 e. The molecule has 148 valence electrons. The molecule has 8 heteroatoms. The number of amides is 2. The Balaban J connectivity index is 1.51. The molecule has 1 N–H and O–H groups in total. The van der Waals surface area contributed by atoms with Crippen LogP contribution in [0, 0.1) is 17.7 Å². The number of halogens is 1. The molecule has 1 unspecified atom stereocenters. The van der Waals surface area contributed by atoms with Crippen molar-refractivity contribution in [3.05, 3.63) is 30.1 Å². The van der Waals surface area contributed by atoms with Gasteiger partial charge in [0.05, 0.1) is 11.5 Å². The summed E-state index contributed by atoms with van der Waals surface area (Å²) in [5.41, 5.74) is 0.431. The van der Waals surface area contributed by atoms with Gasteiger partial charge in [-0.3, -0.25) is 9.59 Å². The normalized spacial score (nSPS) is 27.1. The quantitative estimate of drug-likeness (QED) is 0.846. The fourth-order valence-corrected chi connectivity index (χ4v) is 5.74. The van der Waals surface area contributed by atoms with Crippen LogP contribution in [0.2, 0.25) is 0 Å². The zero-order valence-corrected chi connectivity index (χ0v) is 16.2. The second kappa shape index (κ2) is 7.96. The Labute approximate surface area is 159 Å². The molecule has 1 atom stereocenters. The maximum absolute atomic E-state index is 13.2. The van der Waals surface area contributed by atoms with E-state index in [1.807, 2.05) is 0 Å². The molecule has 1 aliphatic carbocycles. The standard InChI is InChI=1S/C19H25FN2O4S/c1-22(17-9-10-27(25,26)12-17)19(24)14-7-5-13(6-8-14)18(23)21-16-4-2-3-15(20)11-16/h2-4,11,13-14,17H,5-10,12H2,1H3,(H,21,23). The Morgan fingerprint density at radius 3 is 2.37 bits per heavy atom. The summed E-state index contributed by atoms with van der Waals surface area (Å²) in [5, 5.41) is 2.73. The first-order chi connectivity index (χ1) is 12.7. The molecule has 1 saturated carbocycles. The van der Waals surface area contributed by atoms with E-state index in [2.05, 4.69) is 5.32 Å². The fraction of sp³-hybridized carbons (Fsp3) is 0.579. The molecule has 1 saturated heterocycles. The number of rotatable bonds is 4. The predicted molar refractivity (Wildman–Crippen MR) is 100 cm³/mol. The van der Waals surface area contributed by atoms with Crippen LogP contribution < -0.4 is 5.32 Å². The van der Waals surface area contributed by atoms with Gasteiger partial charge in [0.1, 0.15) is 5.82 Å². The Bertz CT molecular complexity index is 819. The van der Waals surface area contributed by atoms with E-state index in [4.69, 9.17) is 0 Å². The van der Waals surface area contributed by atoms with Gasteiger partial charge in [-0.2, -0.15) is 0 Å². The highest BCUT2D eigenvalue weighted by Gasteiger charge is 2.37. The van der Waals surface area contributed by atoms with Gasteiger partial charge in [-0.25, -0.2) is 12.8 Å². The monoisotopic (exact) mass is 396 g/mol. The van der Waals surface area contributed by atoms with E-state index in [1.165, 1.54) is 12.1 Å². The Hall–Kier alpha value is -1.96. The summed E-state index contributed by atoms with van der Waals surface area (Å²) in [6.07, 6.45) is 2.88. The lowest BCUT2D eigenvalue weighted by Gasteiger charge is -2.32. The third kappa shape index (κ3) is 4.86. The third-order valence-electron chi connectivity index (χ3n) is 5.64. The van der Waals surface area contributed by atoms with Crippen LogP contribution in [-0.4, -0.2) is 49.7 Å². The van der Waals surface area contributed by atoms with Crippen molar-refractivity contribution in [3.8, 4) is 0 Å². The van der Waals surface area contributed by atoms with Crippen LogP contribution in [0.1, 0.15) is 32.1 Å². The highest BCUT2D eigenvalue weighted by atomic mass is 32.2. The van der Waals surface area contributed by atoms with Gasteiger partial charge < -0.3 is 10.2 Å². The molecule has 0 spiro atoms. The number of carbonyl (C=O) groups excluding carboxylic acids is 2. The first-order valence-electron chi connectivity index (χ1n) is 9.29. The first kappa shape index (κ1) is 19.8. The van der Waals surface area contributed by atoms with Crippen LogP contribution in [-0.2, 0) is 19.4 Å². The van der Waals surface area contributed by atoms with E-state index in [-0.39, 0.29) is 41.2 Å². The number of hydrogen-bond donors (Lipinski definition) is 1. The Morgan fingerprint density at radius 2 is 1.78 bits per heavy atom. The molecular weight excluding hydrogens is 371 g/mol. The Morgan fingerprint density at radius 1 is 1.11 bits per heavy atom. The van der Waals surface area contributed by atoms with Crippen LogP contribution in [0.5, 0.6) is 0 Å². The third-order valence-corrected chi connectivity index (χ3v) is 7.39. The number of sulfone groups is 1. The van der Waals surface area contributed by atoms with Crippen LogP contribution >= 0.6 is 0 Å². The Kier molecular flexibility index (Phi) is 5.83. The summed E-state index contributed by atoms with van der Waals surface area (Å²) >= 11 is 0. The molecule has 1 heterocycles. The summed E-state index contributed by atoms with van der Waals surface area (Å²) in [5.74, 6) is -0.768. The number of hydrogen-bond acceptors (Lipinski definition) is 4. The number of anilines is 1. The van der Waals surface area contributed by atoms with Crippen molar-refractivity contribution in [1.82, 2.24) is 4.90 Å². The van der Waals surface area contributed by atoms with Gasteiger partial charge in [0.15, 0.2) is 9.84 Å². The van der Waals surface area contributed by atoms with E-state index in [0.717, 1.165) is 0 Å². The average molecular weight is 396 g/mol. The lowest BCUT2D eigenvalue weighted by atomic mass is 9.80. The lowest BCUT2D eigenvalue weighted by molar-refractivity contribution is -0.138. The molecule has 2 amide bonds. The van der Waals surface area contributed by atoms with Crippen molar-refractivity contribution in [2.75, 3.05) is 23.9 Å². The highest BCUT2D eigenvalue weighted by molar-refractivity contribution is 7.91. The van der Waals surface area contributed by atoms with E-state index in [9.17, 15) is 22.4 Å². The first-order valence-corrected chi connectivity index (χ1v) is 11.1. The summed E-state index contributed by atoms with van der Waals surface area (Å²) in [6, 6.07) is 5.54. The largest absolute Gasteiger partial charge is 0.341 e. The van der Waals surface area contributed by atoms with E-state index < -0.39 is 15.7 Å². The van der Waals surface area contributed by atoms with Crippen LogP contribution in [0.3, 0.4) is 0 Å². The molecule has 1 aromatic rings. The van der Waals surface area contributed by atoms with Gasteiger partial charge >= 0.3 is 0 Å². The average Bonchev–Trinajstić information content (AvgIpc) is 3.00. The van der Waals surface area contributed by atoms with E-state index >= 15 is 0 Å². The molecule has 27 heavy (non-hydrogen) atoms. The van der Waals surface area contributed by atoms with Gasteiger partial charge in [0.2, 0.25) is 11.8 Å². The van der Waals surface area contributed by atoms with Gasteiger partial charge in [-0.05, 0) is 50.3 Å². The van der Waals surface area contributed by atoms with Gasteiger partial charge in [-0.15, -0.1) is 0 Å². The second-order valence-corrected chi connectivity index (χ2v) is 9.78. The van der Waals surface area contributed by atoms with Crippen molar-refractivity contribution >= 4 is 27.3 Å². The second-order valence-electron chi connectivity index (χ2n) is 7.55. The summed E-state index contributed by atoms with van der Waals surface area (Å²) < 4.78 is 36.5. The lowest BCUT2D eigenvalue weighted by Crippen LogP contribution is -2.42. The van der Waals surface area contributed by atoms with Crippen molar-refractivity contribution in [1.29, 1.82) is 0 Å². The number of nitrogens with zero attached hydrogens (tertiary/aromatic N) is 1. The predicted octanol–water partition coefficient (Wildman–Crippen LogP) is 2.22. The minimum Gasteiger partial charge on any atom is -0.341 e. The fourth-order valence-electron chi connectivity index (χ4n) is 3.96. The highest BCUT2D eigenvalue weighted by Crippen LogP contribution is 2.32. The summed E-state index contributed by atoms with van der Waals surface area (Å²) in [7, 11) is -1.35. The molecule has 2 aliphatic rings. The van der Waals surface area contributed by atoms with E-state index in [1.54, 1.807) is 24.1 Å². The van der Waals surface area contributed by atoms with Crippen LogP contribution in [0.4, 0.5) is 10.1 Å². The van der Waals surface area contributed by atoms with Crippen molar-refractivity contribution < 1.29 is 22.4 Å². The molecular formula is C19H25FN2O4S. The minimum absolute atomic E-state index is 0.0268. The molecule has 0 bridgehead atoms. The maximum atomic E-state index is 13.2. The van der Waals surface area contributed by atoms with Crippen LogP contribution in [0.25, 0.3) is 0 Å². The number of benzene rings is 1. The molecule has 6 nitrogen and oxygen atoms in total. The SMILES string of the molecule is CN(C(=O)C1CCC(C(=O)Nc2cccc(F)c2)CC1)C1CCS(=O)(=O)C1. The topological polar surface area (TPSA) is 83.6 Å². The van der Waals surface area contributed by atoms with Crippen molar-refractivity contribution in [3.63, 3.8) is 0 Å². The number of carbonyl (C=O) groups is 2. The van der Waals surface area contributed by atoms with Crippen LogP contribution in [0.15, 0.2) is 24.3 Å². The zero-order valence-electron chi connectivity index (χ0n) is 15.4. The maximum Gasteiger partial charge on any atom is 0.227 e. The zero-order chi connectivity index (χ0) is 19.6. The van der Waals surface area contributed by atoms with Gasteiger partial charge in [-0.1, -0.05) is 6.07 Å². The molecule has 1 aliphatic heterocycles. The number of nitrogens with one attached hydrogen (secondary N) is 1. The molecule has 2 fully saturated rings. The summed E-state index contributed by atoms with van der Waals surface area (Å²) in [4.78, 5) is 26.6. The minimum atomic E-state index is -3.03. The van der Waals surface area contributed by atoms with Crippen molar-refractivity contribution in [2.45, 2.75) is 38.1 Å². The van der Waals surface area contributed by atoms with Gasteiger partial charge in [0, 0.05) is 30.6 Å². The van der Waals surface area contributed by atoms with E-state index in [0.29, 0.717) is 37.8 Å².